The van der Waals surface area contributed by atoms with Crippen molar-refractivity contribution in [2.45, 2.75) is 32.2 Å². The highest BCUT2D eigenvalue weighted by Crippen LogP contribution is 2.39. The molecule has 0 unspecified atom stereocenters. The number of fused-ring (bicyclic) bond motifs is 1. The highest BCUT2D eigenvalue weighted by Gasteiger charge is 2.35. The minimum absolute atomic E-state index is 0.118. The molecule has 158 valence electrons. The number of benzene rings is 1. The summed E-state index contributed by atoms with van der Waals surface area (Å²) < 4.78 is 70.9. The molecule has 0 N–H and O–H groups in total. The van der Waals surface area contributed by atoms with Crippen molar-refractivity contribution in [1.29, 1.82) is 0 Å². The van der Waals surface area contributed by atoms with Gasteiger partial charge in [-0.3, -0.25) is 4.98 Å². The topological polar surface area (TPSA) is 58.4 Å². The number of aromatic nitrogens is 3. The Bertz CT molecular complexity index is 1080. The summed E-state index contributed by atoms with van der Waals surface area (Å²) in [4.78, 5) is 3.74. The maximum Gasteiger partial charge on any atom is 0.419 e. The third-order valence-corrected chi connectivity index (χ3v) is 4.68. The van der Waals surface area contributed by atoms with Crippen molar-refractivity contribution >= 4 is 0 Å². The lowest BCUT2D eigenvalue weighted by molar-refractivity contribution is -0.138. The number of rotatable bonds is 4. The van der Waals surface area contributed by atoms with E-state index in [0.29, 0.717) is 17.7 Å². The van der Waals surface area contributed by atoms with Crippen LogP contribution in [0, 0.1) is 5.82 Å². The van der Waals surface area contributed by atoms with Crippen LogP contribution in [0.4, 0.5) is 17.6 Å². The van der Waals surface area contributed by atoms with Gasteiger partial charge < -0.3 is 14.2 Å². The number of hydrogen-bond donors (Lipinski definition) is 0. The predicted molar refractivity (Wildman–Crippen MR) is 97.3 cm³/mol. The van der Waals surface area contributed by atoms with Crippen LogP contribution in [0.2, 0.25) is 0 Å². The molecule has 30 heavy (non-hydrogen) atoms. The largest absolute Gasteiger partial charge is 0.496 e. The molecule has 0 amide bonds. The maximum absolute atomic E-state index is 13.4. The summed E-state index contributed by atoms with van der Waals surface area (Å²) in [6.45, 7) is 2.08. The SMILES string of the molecule is COc1cc(-n2nc(Oc3cncc(F)c3)c3c2C[C@@H](C)OC3)ccc1C(F)(F)F. The molecule has 1 atom stereocenters. The van der Waals surface area contributed by atoms with Gasteiger partial charge >= 0.3 is 6.18 Å². The van der Waals surface area contributed by atoms with Crippen molar-refractivity contribution in [3.8, 4) is 23.1 Å². The van der Waals surface area contributed by atoms with Crippen LogP contribution in [0.5, 0.6) is 17.4 Å². The number of nitrogens with zero attached hydrogens (tertiary/aromatic N) is 3. The molecule has 0 aliphatic carbocycles. The summed E-state index contributed by atoms with van der Waals surface area (Å²) in [5.74, 6) is -0.575. The van der Waals surface area contributed by atoms with E-state index in [0.717, 1.165) is 24.0 Å². The first-order valence-corrected chi connectivity index (χ1v) is 9.02. The van der Waals surface area contributed by atoms with Gasteiger partial charge in [0.2, 0.25) is 5.88 Å². The zero-order valence-electron chi connectivity index (χ0n) is 16.0. The molecule has 3 aromatic rings. The second kappa shape index (κ2) is 7.60. The normalized spacial score (nSPS) is 16.3. The van der Waals surface area contributed by atoms with E-state index in [1.54, 1.807) is 0 Å². The lowest BCUT2D eigenvalue weighted by Gasteiger charge is -2.21. The number of hydrogen-bond acceptors (Lipinski definition) is 5. The van der Waals surface area contributed by atoms with E-state index in [9.17, 15) is 17.6 Å². The Morgan fingerprint density at radius 2 is 2.00 bits per heavy atom. The molecule has 2 aromatic heterocycles. The van der Waals surface area contributed by atoms with Gasteiger partial charge in [0.1, 0.15) is 11.6 Å². The molecule has 4 rings (SSSR count). The summed E-state index contributed by atoms with van der Waals surface area (Å²) in [6.07, 6.45) is -1.82. The Labute approximate surface area is 169 Å². The van der Waals surface area contributed by atoms with E-state index < -0.39 is 17.6 Å². The van der Waals surface area contributed by atoms with Gasteiger partial charge in [-0.2, -0.15) is 13.2 Å². The number of pyridine rings is 1. The van der Waals surface area contributed by atoms with Crippen molar-refractivity contribution in [3.63, 3.8) is 0 Å². The molecular weight excluding hydrogens is 406 g/mol. The fraction of sp³-hybridized carbons (Fsp3) is 0.300. The minimum Gasteiger partial charge on any atom is -0.496 e. The van der Waals surface area contributed by atoms with Gasteiger partial charge in [-0.25, -0.2) is 9.07 Å². The third kappa shape index (κ3) is 3.82. The van der Waals surface area contributed by atoms with Crippen LogP contribution in [0.25, 0.3) is 5.69 Å². The molecule has 0 saturated carbocycles. The van der Waals surface area contributed by atoms with E-state index in [-0.39, 0.29) is 30.1 Å². The number of alkyl halides is 3. The third-order valence-electron chi connectivity index (χ3n) is 4.68. The summed E-state index contributed by atoms with van der Waals surface area (Å²) in [5.41, 5.74) is 0.859. The number of methoxy groups -OCH3 is 1. The van der Waals surface area contributed by atoms with Crippen molar-refractivity contribution in [2.75, 3.05) is 7.11 Å². The first-order valence-electron chi connectivity index (χ1n) is 9.02. The lowest BCUT2D eigenvalue weighted by atomic mass is 10.1. The summed E-state index contributed by atoms with van der Waals surface area (Å²) in [6, 6.07) is 4.68. The van der Waals surface area contributed by atoms with Crippen LogP contribution >= 0.6 is 0 Å². The highest BCUT2D eigenvalue weighted by atomic mass is 19.4. The molecule has 0 bridgehead atoms. The summed E-state index contributed by atoms with van der Waals surface area (Å²) in [5, 5.41) is 4.42. The molecule has 1 aliphatic heterocycles. The molecular formula is C20H17F4N3O3. The van der Waals surface area contributed by atoms with E-state index in [4.69, 9.17) is 14.2 Å². The smallest absolute Gasteiger partial charge is 0.419 e. The fourth-order valence-corrected chi connectivity index (χ4v) is 3.28. The number of ether oxygens (including phenoxy) is 3. The standard InChI is InChI=1S/C20H17F4N3O3/c1-11-5-17-15(10-29-11)19(30-14-6-12(21)8-25-9-14)26-27(17)13-3-4-16(20(22,23)24)18(7-13)28-2/h3-4,6-9,11H,5,10H2,1-2H3/t11-/m1/s1. The lowest BCUT2D eigenvalue weighted by Crippen LogP contribution is -2.21. The van der Waals surface area contributed by atoms with Gasteiger partial charge in [-0.15, -0.1) is 5.10 Å². The molecule has 0 spiro atoms. The molecule has 1 aliphatic rings. The van der Waals surface area contributed by atoms with Crippen molar-refractivity contribution < 1.29 is 31.8 Å². The minimum atomic E-state index is -4.55. The van der Waals surface area contributed by atoms with Gasteiger partial charge in [-0.05, 0) is 19.1 Å². The van der Waals surface area contributed by atoms with E-state index in [2.05, 4.69) is 10.1 Å². The highest BCUT2D eigenvalue weighted by molar-refractivity contribution is 5.49. The molecule has 1 aromatic carbocycles. The first-order chi connectivity index (χ1) is 14.3. The molecule has 10 heteroatoms. The Balaban J connectivity index is 1.79. The zero-order chi connectivity index (χ0) is 21.5. The molecule has 6 nitrogen and oxygen atoms in total. The second-order valence-electron chi connectivity index (χ2n) is 6.79. The van der Waals surface area contributed by atoms with E-state index >= 15 is 0 Å². The average molecular weight is 423 g/mol. The van der Waals surface area contributed by atoms with Gasteiger partial charge in [0.15, 0.2) is 5.75 Å². The summed E-state index contributed by atoms with van der Waals surface area (Å²) >= 11 is 0. The predicted octanol–water partition coefficient (Wildman–Crippen LogP) is 4.69. The van der Waals surface area contributed by atoms with Crippen LogP contribution in [0.3, 0.4) is 0 Å². The Hall–Kier alpha value is -3.14. The van der Waals surface area contributed by atoms with Crippen molar-refractivity contribution in [2.24, 2.45) is 0 Å². The molecule has 0 fully saturated rings. The first kappa shape index (κ1) is 20.1. The molecule has 3 heterocycles. The van der Waals surface area contributed by atoms with E-state index in [1.165, 1.54) is 30.1 Å². The Morgan fingerprint density at radius 3 is 2.70 bits per heavy atom. The molecule has 0 radical (unpaired) electrons. The average Bonchev–Trinajstić information content (AvgIpc) is 3.04. The van der Waals surface area contributed by atoms with Crippen LogP contribution in [0.1, 0.15) is 23.7 Å². The van der Waals surface area contributed by atoms with Crippen molar-refractivity contribution in [1.82, 2.24) is 14.8 Å². The quantitative estimate of drug-likeness (QED) is 0.570. The van der Waals surface area contributed by atoms with E-state index in [1.807, 2.05) is 6.92 Å². The van der Waals surface area contributed by atoms with Crippen LogP contribution in [0.15, 0.2) is 36.7 Å². The van der Waals surface area contributed by atoms with Crippen molar-refractivity contribution in [3.05, 3.63) is 59.3 Å². The second-order valence-corrected chi connectivity index (χ2v) is 6.79. The monoisotopic (exact) mass is 423 g/mol. The Kier molecular flexibility index (Phi) is 5.10. The zero-order valence-corrected chi connectivity index (χ0v) is 16.0. The van der Waals surface area contributed by atoms with Crippen LogP contribution < -0.4 is 9.47 Å². The maximum atomic E-state index is 13.4. The fourth-order valence-electron chi connectivity index (χ4n) is 3.28. The Morgan fingerprint density at radius 1 is 1.20 bits per heavy atom. The van der Waals surface area contributed by atoms with Crippen LogP contribution in [-0.4, -0.2) is 28.0 Å². The summed E-state index contributed by atoms with van der Waals surface area (Å²) in [7, 11) is 1.17. The van der Waals surface area contributed by atoms with Gasteiger partial charge in [0.25, 0.3) is 0 Å². The van der Waals surface area contributed by atoms with Gasteiger partial charge in [0, 0.05) is 18.6 Å². The molecule has 0 saturated heterocycles. The van der Waals surface area contributed by atoms with Gasteiger partial charge in [-0.1, -0.05) is 0 Å². The number of halogens is 4. The van der Waals surface area contributed by atoms with Crippen LogP contribution in [-0.2, 0) is 23.9 Å². The van der Waals surface area contributed by atoms with Gasteiger partial charge in [0.05, 0.1) is 54.7 Å².